The van der Waals surface area contributed by atoms with E-state index in [1.54, 1.807) is 0 Å². The van der Waals surface area contributed by atoms with Gasteiger partial charge in [0.2, 0.25) is 0 Å². The van der Waals surface area contributed by atoms with Crippen LogP contribution in [0.4, 0.5) is 5.82 Å². The molecule has 2 rings (SSSR count). The standard InChI is InChI=1S/C15H25N3O/c1-4-19-14-7-9-18(10-8-14)15-6-5-13(11-17-15)12(2)16-3/h5-6,11-12,14,16H,4,7-10H2,1-3H3. The Kier molecular flexibility index (Phi) is 5.16. The lowest BCUT2D eigenvalue weighted by atomic mass is 10.1. The van der Waals surface area contributed by atoms with E-state index in [4.69, 9.17) is 4.74 Å². The molecule has 4 nitrogen and oxygen atoms in total. The van der Waals surface area contributed by atoms with Gasteiger partial charge >= 0.3 is 0 Å². The summed E-state index contributed by atoms with van der Waals surface area (Å²) in [5.41, 5.74) is 1.23. The lowest BCUT2D eigenvalue weighted by Crippen LogP contribution is -2.37. The molecule has 0 aliphatic carbocycles. The molecule has 1 N–H and O–H groups in total. The first-order valence-electron chi connectivity index (χ1n) is 7.24. The fourth-order valence-electron chi connectivity index (χ4n) is 2.49. The van der Waals surface area contributed by atoms with Crippen LogP contribution in [-0.2, 0) is 4.74 Å². The number of nitrogens with zero attached hydrogens (tertiary/aromatic N) is 2. The molecule has 2 heterocycles. The van der Waals surface area contributed by atoms with E-state index in [0.717, 1.165) is 38.4 Å². The summed E-state index contributed by atoms with van der Waals surface area (Å²) < 4.78 is 5.68. The summed E-state index contributed by atoms with van der Waals surface area (Å²) in [6.45, 7) is 7.11. The molecule has 19 heavy (non-hydrogen) atoms. The fourth-order valence-corrected chi connectivity index (χ4v) is 2.49. The van der Waals surface area contributed by atoms with E-state index in [1.165, 1.54) is 5.56 Å². The molecule has 1 atom stereocenters. The highest BCUT2D eigenvalue weighted by Crippen LogP contribution is 2.21. The first kappa shape index (κ1) is 14.3. The van der Waals surface area contributed by atoms with Gasteiger partial charge in [-0.05, 0) is 45.4 Å². The summed E-state index contributed by atoms with van der Waals surface area (Å²) in [6, 6.07) is 4.65. The van der Waals surface area contributed by atoms with Crippen LogP contribution in [-0.4, -0.2) is 37.8 Å². The monoisotopic (exact) mass is 263 g/mol. The smallest absolute Gasteiger partial charge is 0.128 e. The van der Waals surface area contributed by atoms with Gasteiger partial charge in [-0.25, -0.2) is 4.98 Å². The van der Waals surface area contributed by atoms with Crippen molar-refractivity contribution in [3.63, 3.8) is 0 Å². The van der Waals surface area contributed by atoms with Crippen molar-refractivity contribution in [1.82, 2.24) is 10.3 Å². The first-order valence-corrected chi connectivity index (χ1v) is 7.24. The van der Waals surface area contributed by atoms with Gasteiger partial charge in [-0.15, -0.1) is 0 Å². The molecule has 0 aromatic carbocycles. The quantitative estimate of drug-likeness (QED) is 0.885. The number of piperidine rings is 1. The molecule has 1 aliphatic heterocycles. The van der Waals surface area contributed by atoms with Crippen molar-refractivity contribution >= 4 is 5.82 Å². The Bertz CT molecular complexity index is 371. The van der Waals surface area contributed by atoms with Crippen LogP contribution >= 0.6 is 0 Å². The molecule has 1 aromatic heterocycles. The summed E-state index contributed by atoms with van der Waals surface area (Å²) in [4.78, 5) is 6.94. The number of rotatable bonds is 5. The summed E-state index contributed by atoms with van der Waals surface area (Å²) in [7, 11) is 1.97. The minimum absolute atomic E-state index is 0.352. The minimum Gasteiger partial charge on any atom is -0.378 e. The second-order valence-corrected chi connectivity index (χ2v) is 5.10. The van der Waals surface area contributed by atoms with Crippen molar-refractivity contribution in [2.24, 2.45) is 0 Å². The molecule has 1 aromatic rings. The summed E-state index contributed by atoms with van der Waals surface area (Å²) in [5, 5.41) is 3.23. The van der Waals surface area contributed by atoms with Gasteiger partial charge in [0.05, 0.1) is 6.10 Å². The van der Waals surface area contributed by atoms with E-state index in [-0.39, 0.29) is 0 Å². The molecule has 1 unspecified atom stereocenters. The van der Waals surface area contributed by atoms with Crippen molar-refractivity contribution in [2.45, 2.75) is 38.8 Å². The van der Waals surface area contributed by atoms with Gasteiger partial charge in [0, 0.05) is 31.9 Å². The maximum atomic E-state index is 5.68. The van der Waals surface area contributed by atoms with Crippen LogP contribution in [0.15, 0.2) is 18.3 Å². The second kappa shape index (κ2) is 6.87. The lowest BCUT2D eigenvalue weighted by Gasteiger charge is -2.32. The van der Waals surface area contributed by atoms with Crippen molar-refractivity contribution in [3.05, 3.63) is 23.9 Å². The largest absolute Gasteiger partial charge is 0.378 e. The van der Waals surface area contributed by atoms with Crippen molar-refractivity contribution in [3.8, 4) is 0 Å². The predicted molar refractivity (Wildman–Crippen MR) is 78.6 cm³/mol. The molecule has 106 valence electrons. The number of anilines is 1. The van der Waals surface area contributed by atoms with Gasteiger partial charge in [0.15, 0.2) is 0 Å². The van der Waals surface area contributed by atoms with Gasteiger partial charge in [-0.1, -0.05) is 6.07 Å². The predicted octanol–water partition coefficient (Wildman–Crippen LogP) is 2.37. The van der Waals surface area contributed by atoms with E-state index in [9.17, 15) is 0 Å². The Morgan fingerprint density at radius 2 is 2.16 bits per heavy atom. The molecule has 0 radical (unpaired) electrons. The number of ether oxygens (including phenoxy) is 1. The van der Waals surface area contributed by atoms with E-state index in [0.29, 0.717) is 12.1 Å². The number of hydrogen-bond acceptors (Lipinski definition) is 4. The molecule has 4 heteroatoms. The van der Waals surface area contributed by atoms with Crippen molar-refractivity contribution < 1.29 is 4.74 Å². The van der Waals surface area contributed by atoms with Crippen LogP contribution in [0.25, 0.3) is 0 Å². The molecule has 1 aliphatic rings. The number of hydrogen-bond donors (Lipinski definition) is 1. The topological polar surface area (TPSA) is 37.4 Å². The second-order valence-electron chi connectivity index (χ2n) is 5.10. The van der Waals surface area contributed by atoms with Gasteiger partial charge in [-0.3, -0.25) is 0 Å². The molecule has 1 saturated heterocycles. The highest BCUT2D eigenvalue weighted by Gasteiger charge is 2.20. The third kappa shape index (κ3) is 3.67. The average molecular weight is 263 g/mol. The first-order chi connectivity index (χ1) is 9.24. The van der Waals surface area contributed by atoms with Crippen LogP contribution in [0.3, 0.4) is 0 Å². The number of nitrogens with one attached hydrogen (secondary N) is 1. The van der Waals surface area contributed by atoms with Gasteiger partial charge in [-0.2, -0.15) is 0 Å². The average Bonchev–Trinajstić information content (AvgIpc) is 2.48. The van der Waals surface area contributed by atoms with E-state index < -0.39 is 0 Å². The maximum Gasteiger partial charge on any atom is 0.128 e. The Morgan fingerprint density at radius 1 is 1.42 bits per heavy atom. The van der Waals surface area contributed by atoms with Crippen LogP contribution in [0.5, 0.6) is 0 Å². The van der Waals surface area contributed by atoms with Crippen molar-refractivity contribution in [2.75, 3.05) is 31.6 Å². The molecule has 0 spiro atoms. The van der Waals surface area contributed by atoms with Crippen LogP contribution in [0.1, 0.15) is 38.3 Å². The molecule has 0 saturated carbocycles. The third-order valence-corrected chi connectivity index (χ3v) is 3.87. The number of aromatic nitrogens is 1. The third-order valence-electron chi connectivity index (χ3n) is 3.87. The fraction of sp³-hybridized carbons (Fsp3) is 0.667. The Balaban J connectivity index is 1.92. The zero-order valence-electron chi connectivity index (χ0n) is 12.2. The highest BCUT2D eigenvalue weighted by atomic mass is 16.5. The SMILES string of the molecule is CCOC1CCN(c2ccc(C(C)NC)cn2)CC1. The molecule has 1 fully saturated rings. The Morgan fingerprint density at radius 3 is 2.68 bits per heavy atom. The molecule has 0 amide bonds. The minimum atomic E-state index is 0.352. The highest BCUT2D eigenvalue weighted by molar-refractivity contribution is 5.40. The van der Waals surface area contributed by atoms with E-state index in [1.807, 2.05) is 13.2 Å². The molecule has 0 bridgehead atoms. The Labute approximate surface area is 116 Å². The normalized spacial score (nSPS) is 18.6. The molecular weight excluding hydrogens is 238 g/mol. The lowest BCUT2D eigenvalue weighted by molar-refractivity contribution is 0.0458. The van der Waals surface area contributed by atoms with Crippen LogP contribution in [0.2, 0.25) is 0 Å². The van der Waals surface area contributed by atoms with Crippen molar-refractivity contribution in [1.29, 1.82) is 0 Å². The maximum absolute atomic E-state index is 5.68. The van der Waals surface area contributed by atoms with E-state index in [2.05, 4.69) is 41.2 Å². The summed E-state index contributed by atoms with van der Waals surface area (Å²) in [6.07, 6.45) is 4.62. The number of pyridine rings is 1. The summed E-state index contributed by atoms with van der Waals surface area (Å²) in [5.74, 6) is 1.09. The van der Waals surface area contributed by atoms with Crippen LogP contribution in [0, 0.1) is 0 Å². The van der Waals surface area contributed by atoms with Gasteiger partial charge in [0.25, 0.3) is 0 Å². The molecular formula is C15H25N3O. The Hall–Kier alpha value is -1.13. The zero-order valence-corrected chi connectivity index (χ0v) is 12.2. The zero-order chi connectivity index (χ0) is 13.7. The van der Waals surface area contributed by atoms with Gasteiger partial charge < -0.3 is 15.0 Å². The van der Waals surface area contributed by atoms with E-state index >= 15 is 0 Å². The van der Waals surface area contributed by atoms with Crippen LogP contribution < -0.4 is 10.2 Å². The van der Waals surface area contributed by atoms with Gasteiger partial charge in [0.1, 0.15) is 5.82 Å². The summed E-state index contributed by atoms with van der Waals surface area (Å²) >= 11 is 0.